The Morgan fingerprint density at radius 3 is 2.45 bits per heavy atom. The van der Waals surface area contributed by atoms with E-state index in [2.05, 4.69) is 16.9 Å². The standard InChI is InChI=1S/C35H42N6O6/c1-5-7-8-11-22-46-35(44)39-32(36)25-13-16-27(17-14-25)47-24(3)33-38-28-23-26(15-18-29(28)40(33)4)34(43)41(21-19-31(42)45-6-2)30-12-9-10-20-37-30/h9-10,12-18,20,23-24H,5-8,11,19,21-22H2,1-4H3,(H2,36,39,44). The molecule has 2 heterocycles. The van der Waals surface area contributed by atoms with E-state index in [-0.39, 0.29) is 37.3 Å². The number of aromatic nitrogens is 3. The summed E-state index contributed by atoms with van der Waals surface area (Å²) in [6, 6.07) is 17.5. The van der Waals surface area contributed by atoms with Gasteiger partial charge in [-0.05, 0) is 74.9 Å². The van der Waals surface area contributed by atoms with Crippen molar-refractivity contribution < 1.29 is 28.6 Å². The number of fused-ring (bicyclic) bond motifs is 1. The molecule has 1 unspecified atom stereocenters. The van der Waals surface area contributed by atoms with Crippen molar-refractivity contribution in [2.24, 2.45) is 17.8 Å². The van der Waals surface area contributed by atoms with E-state index in [0.717, 1.165) is 31.2 Å². The number of benzene rings is 2. The zero-order valence-corrected chi connectivity index (χ0v) is 27.3. The minimum absolute atomic E-state index is 0.0348. The molecule has 12 heteroatoms. The van der Waals surface area contributed by atoms with E-state index in [1.165, 1.54) is 4.90 Å². The fraction of sp³-hybridized carbons (Fsp3) is 0.371. The second-order valence-electron chi connectivity index (χ2n) is 10.9. The molecule has 0 aliphatic heterocycles. The van der Waals surface area contributed by atoms with E-state index >= 15 is 0 Å². The van der Waals surface area contributed by atoms with Crippen LogP contribution in [0.3, 0.4) is 0 Å². The van der Waals surface area contributed by atoms with Crippen LogP contribution in [0.1, 0.15) is 80.7 Å². The number of hydrogen-bond acceptors (Lipinski definition) is 8. The third-order valence-electron chi connectivity index (χ3n) is 7.44. The highest BCUT2D eigenvalue weighted by molar-refractivity contribution is 6.07. The van der Waals surface area contributed by atoms with Crippen molar-refractivity contribution >= 4 is 40.7 Å². The van der Waals surface area contributed by atoms with Gasteiger partial charge in [0, 0.05) is 30.9 Å². The van der Waals surface area contributed by atoms with Crippen molar-refractivity contribution in [1.29, 1.82) is 0 Å². The number of nitrogens with zero attached hydrogens (tertiary/aromatic N) is 5. The summed E-state index contributed by atoms with van der Waals surface area (Å²) < 4.78 is 18.3. The van der Waals surface area contributed by atoms with Crippen LogP contribution in [0.2, 0.25) is 0 Å². The molecular weight excluding hydrogens is 600 g/mol. The largest absolute Gasteiger partial charge is 0.483 e. The van der Waals surface area contributed by atoms with Crippen LogP contribution in [0.4, 0.5) is 10.6 Å². The molecule has 0 aliphatic rings. The Kier molecular flexibility index (Phi) is 12.4. The summed E-state index contributed by atoms with van der Waals surface area (Å²) in [6.07, 6.45) is 4.48. The second kappa shape index (κ2) is 16.9. The Bertz CT molecular complexity index is 1690. The molecule has 4 aromatic rings. The van der Waals surface area contributed by atoms with Crippen LogP contribution in [0.25, 0.3) is 11.0 Å². The highest BCUT2D eigenvalue weighted by atomic mass is 16.5. The topological polar surface area (TPSA) is 151 Å². The molecule has 12 nitrogen and oxygen atoms in total. The van der Waals surface area contributed by atoms with Crippen LogP contribution in [0, 0.1) is 0 Å². The van der Waals surface area contributed by atoms with Crippen molar-refractivity contribution in [3.05, 3.63) is 83.8 Å². The predicted octanol–water partition coefficient (Wildman–Crippen LogP) is 6.13. The number of anilines is 1. The molecule has 2 aromatic carbocycles. The van der Waals surface area contributed by atoms with Crippen LogP contribution >= 0.6 is 0 Å². The molecule has 2 N–H and O–H groups in total. The van der Waals surface area contributed by atoms with Gasteiger partial charge in [0.1, 0.15) is 17.4 Å². The molecule has 248 valence electrons. The van der Waals surface area contributed by atoms with Crippen LogP contribution in [0.5, 0.6) is 5.75 Å². The first-order valence-electron chi connectivity index (χ1n) is 15.8. The highest BCUT2D eigenvalue weighted by Crippen LogP contribution is 2.26. The number of nitrogens with two attached hydrogens (primary N) is 1. The first-order valence-corrected chi connectivity index (χ1v) is 15.8. The summed E-state index contributed by atoms with van der Waals surface area (Å²) >= 11 is 0. The molecule has 2 aromatic heterocycles. The first kappa shape index (κ1) is 34.6. The number of amidine groups is 1. The summed E-state index contributed by atoms with van der Waals surface area (Å²) in [5.41, 5.74) is 8.43. The number of amides is 2. The monoisotopic (exact) mass is 642 g/mol. The van der Waals surface area contributed by atoms with Gasteiger partial charge in [-0.3, -0.25) is 14.5 Å². The molecule has 0 radical (unpaired) electrons. The van der Waals surface area contributed by atoms with E-state index < -0.39 is 12.2 Å². The Morgan fingerprint density at radius 2 is 1.74 bits per heavy atom. The number of esters is 1. The van der Waals surface area contributed by atoms with Gasteiger partial charge in [-0.2, -0.15) is 4.99 Å². The van der Waals surface area contributed by atoms with Gasteiger partial charge in [-0.25, -0.2) is 14.8 Å². The normalized spacial score (nSPS) is 12.0. The zero-order valence-electron chi connectivity index (χ0n) is 27.3. The van der Waals surface area contributed by atoms with Crippen molar-refractivity contribution in [3.8, 4) is 5.75 Å². The zero-order chi connectivity index (χ0) is 33.8. The lowest BCUT2D eigenvalue weighted by atomic mass is 10.1. The Morgan fingerprint density at radius 1 is 0.979 bits per heavy atom. The van der Waals surface area contributed by atoms with Gasteiger partial charge in [-0.1, -0.05) is 32.3 Å². The lowest BCUT2D eigenvalue weighted by Crippen LogP contribution is -2.34. The van der Waals surface area contributed by atoms with Gasteiger partial charge in [0.15, 0.2) is 11.9 Å². The summed E-state index contributed by atoms with van der Waals surface area (Å²) in [4.78, 5) is 52.1. The van der Waals surface area contributed by atoms with Crippen molar-refractivity contribution in [1.82, 2.24) is 14.5 Å². The number of aryl methyl sites for hydroxylation is 1. The van der Waals surface area contributed by atoms with Gasteiger partial charge in [0.2, 0.25) is 0 Å². The molecule has 1 atom stereocenters. The molecule has 0 saturated carbocycles. The van der Waals surface area contributed by atoms with Gasteiger partial charge < -0.3 is 24.5 Å². The number of carbonyl (C=O) groups is 3. The van der Waals surface area contributed by atoms with E-state index in [0.29, 0.717) is 40.6 Å². The minimum atomic E-state index is -0.708. The fourth-order valence-electron chi connectivity index (χ4n) is 4.99. The quantitative estimate of drug-likeness (QED) is 0.0699. The average molecular weight is 643 g/mol. The fourth-order valence-corrected chi connectivity index (χ4v) is 4.99. The van der Waals surface area contributed by atoms with E-state index in [4.69, 9.17) is 24.9 Å². The van der Waals surface area contributed by atoms with Crippen molar-refractivity contribution in [3.63, 3.8) is 0 Å². The third-order valence-corrected chi connectivity index (χ3v) is 7.44. The number of rotatable bonds is 15. The molecule has 47 heavy (non-hydrogen) atoms. The summed E-state index contributed by atoms with van der Waals surface area (Å²) in [7, 11) is 1.88. The lowest BCUT2D eigenvalue weighted by Gasteiger charge is -2.21. The molecule has 4 rings (SSSR count). The highest BCUT2D eigenvalue weighted by Gasteiger charge is 2.23. The van der Waals surface area contributed by atoms with Gasteiger partial charge in [-0.15, -0.1) is 0 Å². The molecule has 0 fully saturated rings. The SMILES string of the molecule is CCCCCCOC(=O)/N=C(/N)c1ccc(OC(C)c2nc3cc(C(=O)N(CCC(=O)OCC)c4ccccn4)ccc3n2C)cc1. The molecule has 0 saturated heterocycles. The maximum Gasteiger partial charge on any atom is 0.435 e. The maximum absolute atomic E-state index is 13.7. The lowest BCUT2D eigenvalue weighted by molar-refractivity contribution is -0.142. The Hall–Kier alpha value is -5.26. The van der Waals surface area contributed by atoms with Gasteiger partial charge in [0.25, 0.3) is 5.91 Å². The number of hydrogen-bond donors (Lipinski definition) is 1. The number of pyridine rings is 1. The summed E-state index contributed by atoms with van der Waals surface area (Å²) in [5.74, 6) is 1.02. The van der Waals surface area contributed by atoms with Crippen molar-refractivity contribution in [2.45, 2.75) is 59.0 Å². The van der Waals surface area contributed by atoms with Gasteiger partial charge in [0.05, 0.1) is 30.7 Å². The first-order chi connectivity index (χ1) is 22.7. The van der Waals surface area contributed by atoms with E-state index in [9.17, 15) is 14.4 Å². The number of unbranched alkanes of at least 4 members (excludes halogenated alkanes) is 3. The molecule has 2 amide bonds. The molecular formula is C35H42N6O6. The summed E-state index contributed by atoms with van der Waals surface area (Å²) in [6.45, 7) is 6.44. The van der Waals surface area contributed by atoms with E-state index in [1.54, 1.807) is 67.7 Å². The number of imidazole rings is 1. The Balaban J connectivity index is 1.45. The predicted molar refractivity (Wildman–Crippen MR) is 180 cm³/mol. The third kappa shape index (κ3) is 9.38. The summed E-state index contributed by atoms with van der Waals surface area (Å²) in [5, 5.41) is 0. The number of ether oxygens (including phenoxy) is 3. The molecule has 0 aliphatic carbocycles. The number of carbonyl (C=O) groups excluding carboxylic acids is 3. The Labute approximate surface area is 274 Å². The van der Waals surface area contributed by atoms with Gasteiger partial charge >= 0.3 is 12.1 Å². The minimum Gasteiger partial charge on any atom is -0.483 e. The van der Waals surface area contributed by atoms with Crippen LogP contribution in [0.15, 0.2) is 71.9 Å². The van der Waals surface area contributed by atoms with E-state index in [1.807, 2.05) is 24.6 Å². The smallest absolute Gasteiger partial charge is 0.435 e. The number of aliphatic imine (C=N–C) groups is 1. The van der Waals surface area contributed by atoms with Crippen LogP contribution < -0.4 is 15.4 Å². The van der Waals surface area contributed by atoms with Crippen LogP contribution in [-0.2, 0) is 21.3 Å². The maximum atomic E-state index is 13.7. The molecule has 0 spiro atoms. The second-order valence-corrected chi connectivity index (χ2v) is 10.9. The van der Waals surface area contributed by atoms with Crippen molar-refractivity contribution in [2.75, 3.05) is 24.7 Å². The molecule has 0 bridgehead atoms. The average Bonchev–Trinajstić information content (AvgIpc) is 3.41. The van der Waals surface area contributed by atoms with Crippen LogP contribution in [-0.4, -0.2) is 58.1 Å².